The molecule has 252 valence electrons. The van der Waals surface area contributed by atoms with Gasteiger partial charge < -0.3 is 24.8 Å². The summed E-state index contributed by atoms with van der Waals surface area (Å²) in [5, 5.41) is 12.8. The Kier molecular flexibility index (Phi) is 11.4. The van der Waals surface area contributed by atoms with E-state index in [1.807, 2.05) is 31.2 Å². The summed E-state index contributed by atoms with van der Waals surface area (Å²) in [6.45, 7) is 6.36. The predicted octanol–water partition coefficient (Wildman–Crippen LogP) is 5.10. The Hall–Kier alpha value is -2.63. The summed E-state index contributed by atoms with van der Waals surface area (Å²) >= 11 is 6.35. The van der Waals surface area contributed by atoms with Crippen molar-refractivity contribution >= 4 is 33.2 Å². The minimum absolute atomic E-state index is 0.0265. The highest BCUT2D eigenvalue weighted by Gasteiger charge is 2.47. The van der Waals surface area contributed by atoms with Crippen LogP contribution in [0.5, 0.6) is 5.75 Å². The van der Waals surface area contributed by atoms with E-state index in [0.29, 0.717) is 42.8 Å². The molecular formula is C35H48ClN3O6S. The lowest BCUT2D eigenvalue weighted by Crippen LogP contribution is -2.55. The number of methoxy groups -OCH3 is 1. The molecule has 1 fully saturated rings. The first-order valence-electron chi connectivity index (χ1n) is 16.5. The maximum Gasteiger partial charge on any atom is 0.264 e. The van der Waals surface area contributed by atoms with Crippen LogP contribution >= 0.6 is 11.6 Å². The van der Waals surface area contributed by atoms with Crippen LogP contribution in [0.3, 0.4) is 0 Å². The molecule has 0 spiro atoms. The second kappa shape index (κ2) is 15.1. The van der Waals surface area contributed by atoms with Crippen molar-refractivity contribution in [3.63, 3.8) is 0 Å². The number of carbonyl (C=O) groups excluding carboxylic acids is 1. The van der Waals surface area contributed by atoms with Gasteiger partial charge in [0.15, 0.2) is 0 Å². The Balaban J connectivity index is 1.57. The van der Waals surface area contributed by atoms with Gasteiger partial charge in [-0.15, -0.1) is 0 Å². The summed E-state index contributed by atoms with van der Waals surface area (Å²) in [4.78, 5) is 15.8. The molecule has 0 saturated heterocycles. The Morgan fingerprint density at radius 2 is 1.98 bits per heavy atom. The number of aliphatic hydroxyl groups is 1. The highest BCUT2D eigenvalue weighted by molar-refractivity contribution is 7.90. The largest absolute Gasteiger partial charge is 0.487 e. The van der Waals surface area contributed by atoms with E-state index in [1.165, 1.54) is 5.56 Å². The summed E-state index contributed by atoms with van der Waals surface area (Å²) in [5.74, 6) is 0.249. The lowest BCUT2D eigenvalue weighted by atomic mass is 9.64. The number of carbonyl (C=O) groups is 1. The Bertz CT molecular complexity index is 1520. The summed E-state index contributed by atoms with van der Waals surface area (Å²) in [5.41, 5.74) is 2.67. The van der Waals surface area contributed by atoms with Crippen LogP contribution in [0.25, 0.3) is 0 Å². The van der Waals surface area contributed by atoms with Crippen LogP contribution in [0.15, 0.2) is 48.6 Å². The molecule has 2 aromatic carbocycles. The van der Waals surface area contributed by atoms with Crippen molar-refractivity contribution < 1.29 is 27.8 Å². The molecule has 2 aliphatic heterocycles. The van der Waals surface area contributed by atoms with Crippen molar-refractivity contribution in [2.24, 2.45) is 17.8 Å². The zero-order valence-electron chi connectivity index (χ0n) is 27.1. The topological polar surface area (TPSA) is 117 Å². The second-order valence-electron chi connectivity index (χ2n) is 13.1. The SMILES string of the molecule is CO[C@]1(CNCCO)/C=C/C[C@H](C)[C@@H](C)S(=O)(=O)NC(=O)c2ccc3c(c2)N(CCCCc2cc(Cl)ccc2CO3)C[C@@H]2CC[C@H]21. The number of rotatable bonds is 5. The zero-order chi connectivity index (χ0) is 32.9. The van der Waals surface area contributed by atoms with Crippen molar-refractivity contribution in [1.82, 2.24) is 10.0 Å². The fourth-order valence-corrected chi connectivity index (χ4v) is 8.50. The van der Waals surface area contributed by atoms with Crippen LogP contribution in [-0.4, -0.2) is 70.2 Å². The average molecular weight is 674 g/mol. The van der Waals surface area contributed by atoms with Crippen LogP contribution in [0.4, 0.5) is 5.69 Å². The number of hydrogen-bond acceptors (Lipinski definition) is 8. The molecule has 3 N–H and O–H groups in total. The van der Waals surface area contributed by atoms with E-state index in [2.05, 4.69) is 21.0 Å². The predicted molar refractivity (Wildman–Crippen MR) is 182 cm³/mol. The van der Waals surface area contributed by atoms with Crippen LogP contribution < -0.4 is 19.7 Å². The van der Waals surface area contributed by atoms with E-state index in [-0.39, 0.29) is 24.0 Å². The van der Waals surface area contributed by atoms with Crippen LogP contribution in [0.2, 0.25) is 5.02 Å². The van der Waals surface area contributed by atoms with Gasteiger partial charge in [-0.2, -0.15) is 0 Å². The number of anilines is 1. The van der Waals surface area contributed by atoms with Gasteiger partial charge in [0.2, 0.25) is 10.0 Å². The first-order valence-corrected chi connectivity index (χ1v) is 18.4. The number of aliphatic hydroxyl groups excluding tert-OH is 1. The van der Waals surface area contributed by atoms with Crippen molar-refractivity contribution in [2.75, 3.05) is 44.8 Å². The van der Waals surface area contributed by atoms with Crippen molar-refractivity contribution in [2.45, 2.75) is 69.8 Å². The van der Waals surface area contributed by atoms with Gasteiger partial charge in [-0.05, 0) is 105 Å². The van der Waals surface area contributed by atoms with E-state index in [9.17, 15) is 18.3 Å². The van der Waals surface area contributed by atoms with Gasteiger partial charge in [0.05, 0.1) is 17.5 Å². The number of nitrogens with zero attached hydrogens (tertiary/aromatic N) is 1. The quantitative estimate of drug-likeness (QED) is 0.297. The number of amides is 1. The Morgan fingerprint density at radius 1 is 1.15 bits per heavy atom. The second-order valence-corrected chi connectivity index (χ2v) is 15.6. The molecule has 0 aromatic heterocycles. The number of aryl methyl sites for hydroxylation is 1. The summed E-state index contributed by atoms with van der Waals surface area (Å²) in [7, 11) is -2.22. The highest BCUT2D eigenvalue weighted by Crippen LogP contribution is 2.46. The normalized spacial score (nSPS) is 29.2. The Morgan fingerprint density at radius 3 is 2.72 bits per heavy atom. The molecule has 1 aliphatic carbocycles. The molecule has 46 heavy (non-hydrogen) atoms. The number of benzene rings is 2. The summed E-state index contributed by atoms with van der Waals surface area (Å²) in [6, 6.07) is 11.1. The zero-order valence-corrected chi connectivity index (χ0v) is 28.7. The molecule has 9 nitrogen and oxygen atoms in total. The molecule has 0 radical (unpaired) electrons. The highest BCUT2D eigenvalue weighted by atomic mass is 35.5. The monoisotopic (exact) mass is 673 g/mol. The molecule has 5 atom stereocenters. The van der Waals surface area contributed by atoms with Gasteiger partial charge >= 0.3 is 0 Å². The lowest BCUT2D eigenvalue weighted by Gasteiger charge is -2.50. The third-order valence-corrected chi connectivity index (χ3v) is 12.4. The molecular weight excluding hydrogens is 626 g/mol. The fourth-order valence-electron chi connectivity index (χ4n) is 7.02. The first-order chi connectivity index (χ1) is 22.1. The summed E-state index contributed by atoms with van der Waals surface area (Å²) < 4.78 is 41.9. The van der Waals surface area contributed by atoms with Gasteiger partial charge in [0.25, 0.3) is 5.91 Å². The van der Waals surface area contributed by atoms with Crippen molar-refractivity contribution in [1.29, 1.82) is 0 Å². The van der Waals surface area contributed by atoms with Gasteiger partial charge in [0.1, 0.15) is 18.0 Å². The third kappa shape index (κ3) is 7.73. The van der Waals surface area contributed by atoms with Crippen molar-refractivity contribution in [3.8, 4) is 5.75 Å². The van der Waals surface area contributed by atoms with E-state index in [0.717, 1.165) is 56.4 Å². The van der Waals surface area contributed by atoms with Crippen LogP contribution in [0.1, 0.15) is 67.4 Å². The molecule has 0 unspecified atom stereocenters. The number of halogens is 1. The molecule has 2 bridgehead atoms. The van der Waals surface area contributed by atoms with Gasteiger partial charge in [0, 0.05) is 43.9 Å². The van der Waals surface area contributed by atoms with E-state index in [4.69, 9.17) is 21.1 Å². The van der Waals surface area contributed by atoms with E-state index >= 15 is 0 Å². The van der Waals surface area contributed by atoms with Crippen molar-refractivity contribution in [3.05, 3.63) is 70.3 Å². The molecule has 3 aliphatic rings. The van der Waals surface area contributed by atoms with Crippen LogP contribution in [0, 0.1) is 17.8 Å². The number of fused-ring (bicyclic) bond motifs is 3. The molecule has 2 heterocycles. The standard InChI is InChI=1S/C35H48ClN3O6S/c1-24-7-6-15-35(44-3,23-37-16-18-40)31-13-10-28(31)21-39-17-5-4-8-26-19-30(36)12-9-29(26)22-45-33-14-11-27(20-32(33)39)34(41)38-46(42,43)25(24)2/h6,9,11-12,14-15,19-20,24-25,28,31,37,40H,4-5,7-8,10,13,16-18,21-23H2,1-3H3,(H,38,41)/b15-6+/t24-,25+,28-,31+,35-/m0/s1. The lowest BCUT2D eigenvalue weighted by molar-refractivity contribution is -0.0733. The minimum Gasteiger partial charge on any atom is -0.487 e. The molecule has 5 rings (SSSR count). The van der Waals surface area contributed by atoms with E-state index < -0.39 is 26.8 Å². The van der Waals surface area contributed by atoms with Crippen LogP contribution in [-0.2, 0) is 27.8 Å². The molecule has 2 aromatic rings. The summed E-state index contributed by atoms with van der Waals surface area (Å²) in [6.07, 6.45) is 9.40. The molecule has 1 saturated carbocycles. The Labute approximate surface area is 278 Å². The maximum atomic E-state index is 13.4. The van der Waals surface area contributed by atoms with E-state index in [1.54, 1.807) is 32.2 Å². The third-order valence-electron chi connectivity index (χ3n) is 10.2. The minimum atomic E-state index is -3.96. The average Bonchev–Trinajstić information content (AvgIpc) is 3.05. The fraction of sp³-hybridized carbons (Fsp3) is 0.571. The number of sulfonamides is 1. The molecule has 1 amide bonds. The number of ether oxygens (including phenoxy) is 2. The van der Waals surface area contributed by atoms with Gasteiger partial charge in [-0.25, -0.2) is 13.1 Å². The number of hydrogen-bond donors (Lipinski definition) is 3. The maximum absolute atomic E-state index is 13.4. The number of allylic oxidation sites excluding steroid dienone is 1. The first kappa shape index (κ1) is 34.7. The molecule has 11 heteroatoms. The number of nitrogens with one attached hydrogen (secondary N) is 2. The smallest absolute Gasteiger partial charge is 0.264 e. The van der Waals surface area contributed by atoms with Gasteiger partial charge in [-0.3, -0.25) is 4.79 Å². The van der Waals surface area contributed by atoms with Gasteiger partial charge in [-0.1, -0.05) is 36.7 Å².